The standard InChI is InChI=1S/C28H22Cl2N2O2/c1-33-27-16-20(12-15-26(27)34-19-23-13-14-24(29)17-25(23)30)18-31-32-28(21-8-4-2-5-9-21)22-10-6-3-7-11-22/h2-18H,19H2,1H3. The van der Waals surface area contributed by atoms with Crippen molar-refractivity contribution in [2.45, 2.75) is 6.61 Å². The predicted octanol–water partition coefficient (Wildman–Crippen LogP) is 7.45. The molecule has 34 heavy (non-hydrogen) atoms. The third-order valence-electron chi connectivity index (χ3n) is 5.04. The number of halogens is 2. The molecular weight excluding hydrogens is 467 g/mol. The first-order valence-electron chi connectivity index (χ1n) is 10.6. The van der Waals surface area contributed by atoms with E-state index in [1.54, 1.807) is 25.5 Å². The van der Waals surface area contributed by atoms with Crippen LogP contribution in [0.15, 0.2) is 107 Å². The lowest BCUT2D eigenvalue weighted by Gasteiger charge is -2.12. The van der Waals surface area contributed by atoms with Crippen molar-refractivity contribution in [3.05, 3.63) is 129 Å². The Hall–Kier alpha value is -3.60. The largest absolute Gasteiger partial charge is 0.493 e. The number of rotatable bonds is 8. The first kappa shape index (κ1) is 23.6. The van der Waals surface area contributed by atoms with Gasteiger partial charge in [0.15, 0.2) is 11.5 Å². The summed E-state index contributed by atoms with van der Waals surface area (Å²) in [4.78, 5) is 0. The van der Waals surface area contributed by atoms with Crippen LogP contribution in [0.5, 0.6) is 11.5 Å². The Balaban J connectivity index is 1.53. The summed E-state index contributed by atoms with van der Waals surface area (Å²) in [6.07, 6.45) is 1.69. The van der Waals surface area contributed by atoms with E-state index in [2.05, 4.69) is 10.2 Å². The first-order chi connectivity index (χ1) is 16.6. The van der Waals surface area contributed by atoms with Gasteiger partial charge in [-0.25, -0.2) is 0 Å². The Morgan fingerprint density at radius 3 is 2.09 bits per heavy atom. The van der Waals surface area contributed by atoms with E-state index in [0.29, 0.717) is 28.2 Å². The summed E-state index contributed by atoms with van der Waals surface area (Å²) in [7, 11) is 1.60. The third-order valence-corrected chi connectivity index (χ3v) is 5.63. The minimum Gasteiger partial charge on any atom is -0.493 e. The molecule has 0 heterocycles. The second-order valence-corrected chi connectivity index (χ2v) is 8.20. The lowest BCUT2D eigenvalue weighted by molar-refractivity contribution is 0.284. The van der Waals surface area contributed by atoms with Crippen LogP contribution in [0.2, 0.25) is 10.0 Å². The highest BCUT2D eigenvalue weighted by Gasteiger charge is 2.09. The molecule has 0 amide bonds. The van der Waals surface area contributed by atoms with E-state index in [1.807, 2.05) is 84.9 Å². The molecule has 0 fully saturated rings. The average molecular weight is 489 g/mol. The summed E-state index contributed by atoms with van der Waals surface area (Å²) in [6.45, 7) is 0.293. The first-order valence-corrected chi connectivity index (χ1v) is 11.4. The van der Waals surface area contributed by atoms with Gasteiger partial charge in [-0.1, -0.05) is 89.9 Å². The Kier molecular flexibility index (Phi) is 7.97. The van der Waals surface area contributed by atoms with Gasteiger partial charge in [0.1, 0.15) is 12.3 Å². The molecule has 0 bridgehead atoms. The number of ether oxygens (including phenoxy) is 2. The van der Waals surface area contributed by atoms with Gasteiger partial charge in [-0.05, 0) is 35.9 Å². The molecule has 0 aliphatic heterocycles. The van der Waals surface area contributed by atoms with Gasteiger partial charge in [0, 0.05) is 26.7 Å². The van der Waals surface area contributed by atoms with Crippen LogP contribution < -0.4 is 9.47 Å². The van der Waals surface area contributed by atoms with Gasteiger partial charge >= 0.3 is 0 Å². The summed E-state index contributed by atoms with van der Waals surface area (Å²) in [6, 6.07) is 30.9. The van der Waals surface area contributed by atoms with E-state index in [0.717, 1.165) is 28.0 Å². The summed E-state index contributed by atoms with van der Waals surface area (Å²) < 4.78 is 11.4. The average Bonchev–Trinajstić information content (AvgIpc) is 2.87. The van der Waals surface area contributed by atoms with Crippen molar-refractivity contribution in [3.8, 4) is 11.5 Å². The molecule has 6 heteroatoms. The van der Waals surface area contributed by atoms with Crippen LogP contribution in [-0.4, -0.2) is 19.0 Å². The minimum atomic E-state index is 0.293. The molecule has 4 aromatic rings. The van der Waals surface area contributed by atoms with Crippen molar-refractivity contribution in [3.63, 3.8) is 0 Å². The van der Waals surface area contributed by atoms with Crippen LogP contribution >= 0.6 is 23.2 Å². The number of nitrogens with zero attached hydrogens (tertiary/aromatic N) is 2. The van der Waals surface area contributed by atoms with Crippen LogP contribution in [0.25, 0.3) is 0 Å². The molecule has 170 valence electrons. The van der Waals surface area contributed by atoms with Gasteiger partial charge in [-0.2, -0.15) is 5.10 Å². The third kappa shape index (κ3) is 6.04. The molecule has 0 aliphatic carbocycles. The fourth-order valence-corrected chi connectivity index (χ4v) is 3.77. The number of hydrogen-bond donors (Lipinski definition) is 0. The quantitative estimate of drug-likeness (QED) is 0.191. The van der Waals surface area contributed by atoms with E-state index in [9.17, 15) is 0 Å². The summed E-state index contributed by atoms with van der Waals surface area (Å²) in [5.74, 6) is 1.19. The fourth-order valence-electron chi connectivity index (χ4n) is 3.31. The Labute approximate surface area is 209 Å². The monoisotopic (exact) mass is 488 g/mol. The molecule has 0 spiro atoms. The number of hydrogen-bond acceptors (Lipinski definition) is 4. The highest BCUT2D eigenvalue weighted by atomic mass is 35.5. The van der Waals surface area contributed by atoms with Crippen LogP contribution in [0.1, 0.15) is 22.3 Å². The number of benzene rings is 4. The Morgan fingerprint density at radius 2 is 1.47 bits per heavy atom. The van der Waals surface area contributed by atoms with Gasteiger partial charge in [0.2, 0.25) is 0 Å². The van der Waals surface area contributed by atoms with Crippen molar-refractivity contribution in [2.75, 3.05) is 7.11 Å². The van der Waals surface area contributed by atoms with Crippen molar-refractivity contribution < 1.29 is 9.47 Å². The zero-order valence-corrected chi connectivity index (χ0v) is 20.0. The second-order valence-electron chi connectivity index (χ2n) is 7.36. The van der Waals surface area contributed by atoms with E-state index >= 15 is 0 Å². The normalized spacial score (nSPS) is 10.8. The molecular formula is C28H22Cl2N2O2. The summed E-state index contributed by atoms with van der Waals surface area (Å²) in [5.41, 5.74) is 4.45. The van der Waals surface area contributed by atoms with Gasteiger partial charge in [0.05, 0.1) is 13.3 Å². The maximum atomic E-state index is 6.24. The molecule has 0 saturated carbocycles. The van der Waals surface area contributed by atoms with E-state index in [4.69, 9.17) is 32.7 Å². The molecule has 0 atom stereocenters. The van der Waals surface area contributed by atoms with Gasteiger partial charge < -0.3 is 9.47 Å². The Morgan fingerprint density at radius 1 is 0.794 bits per heavy atom. The molecule has 0 N–H and O–H groups in total. The highest BCUT2D eigenvalue weighted by Crippen LogP contribution is 2.30. The maximum Gasteiger partial charge on any atom is 0.161 e. The van der Waals surface area contributed by atoms with Gasteiger partial charge in [0.25, 0.3) is 0 Å². The lowest BCUT2D eigenvalue weighted by Crippen LogP contribution is -2.02. The molecule has 4 rings (SSSR count). The van der Waals surface area contributed by atoms with Crippen LogP contribution in [-0.2, 0) is 6.61 Å². The van der Waals surface area contributed by atoms with Gasteiger partial charge in [-0.15, -0.1) is 5.10 Å². The molecule has 0 aliphatic rings. The molecule has 4 nitrogen and oxygen atoms in total. The van der Waals surface area contributed by atoms with E-state index < -0.39 is 0 Å². The van der Waals surface area contributed by atoms with Crippen molar-refractivity contribution in [1.29, 1.82) is 0 Å². The molecule has 0 saturated heterocycles. The smallest absolute Gasteiger partial charge is 0.161 e. The fraction of sp³-hybridized carbons (Fsp3) is 0.0714. The van der Waals surface area contributed by atoms with Crippen LogP contribution in [0.3, 0.4) is 0 Å². The SMILES string of the molecule is COc1cc(C=NN=C(c2ccccc2)c2ccccc2)ccc1OCc1ccc(Cl)cc1Cl. The highest BCUT2D eigenvalue weighted by molar-refractivity contribution is 6.35. The van der Waals surface area contributed by atoms with E-state index in [1.165, 1.54) is 0 Å². The predicted molar refractivity (Wildman–Crippen MR) is 140 cm³/mol. The zero-order valence-electron chi connectivity index (χ0n) is 18.5. The molecule has 0 unspecified atom stereocenters. The minimum absolute atomic E-state index is 0.293. The zero-order chi connectivity index (χ0) is 23.8. The second kappa shape index (κ2) is 11.5. The summed E-state index contributed by atoms with van der Waals surface area (Å²) in [5, 5.41) is 10.0. The van der Waals surface area contributed by atoms with Crippen LogP contribution in [0.4, 0.5) is 0 Å². The van der Waals surface area contributed by atoms with Crippen molar-refractivity contribution >= 4 is 35.1 Å². The molecule has 4 aromatic carbocycles. The summed E-state index contributed by atoms with van der Waals surface area (Å²) >= 11 is 12.2. The number of methoxy groups -OCH3 is 1. The van der Waals surface area contributed by atoms with E-state index in [-0.39, 0.29) is 0 Å². The molecule has 0 radical (unpaired) electrons. The maximum absolute atomic E-state index is 6.24. The van der Waals surface area contributed by atoms with Gasteiger partial charge in [-0.3, -0.25) is 0 Å². The van der Waals surface area contributed by atoms with Crippen LogP contribution in [0, 0.1) is 0 Å². The Bertz CT molecular complexity index is 1270. The van der Waals surface area contributed by atoms with Crippen molar-refractivity contribution in [1.82, 2.24) is 0 Å². The lowest BCUT2D eigenvalue weighted by atomic mass is 10.0. The molecule has 0 aromatic heterocycles. The van der Waals surface area contributed by atoms with Crippen molar-refractivity contribution in [2.24, 2.45) is 10.2 Å². The topological polar surface area (TPSA) is 43.2 Å².